The van der Waals surface area contributed by atoms with Crippen molar-refractivity contribution < 1.29 is 9.53 Å². The standard InChI is InChI=1S/C15H22ClN3O2/c1-21-10-13-9-19(7-6-18-13)15(20)14(17)8-11-2-4-12(16)5-3-11/h2-5,13-14,18H,6-10,17H2,1H3. The van der Waals surface area contributed by atoms with E-state index in [-0.39, 0.29) is 11.9 Å². The molecule has 1 heterocycles. The Morgan fingerprint density at radius 2 is 2.24 bits per heavy atom. The van der Waals surface area contributed by atoms with Gasteiger partial charge >= 0.3 is 0 Å². The maximum atomic E-state index is 12.4. The summed E-state index contributed by atoms with van der Waals surface area (Å²) in [6, 6.07) is 7.09. The van der Waals surface area contributed by atoms with Crippen LogP contribution >= 0.6 is 11.6 Å². The molecule has 0 aliphatic carbocycles. The van der Waals surface area contributed by atoms with Crippen molar-refractivity contribution in [3.63, 3.8) is 0 Å². The number of methoxy groups -OCH3 is 1. The maximum Gasteiger partial charge on any atom is 0.239 e. The molecule has 21 heavy (non-hydrogen) atoms. The Kier molecular flexibility index (Phi) is 5.99. The second-order valence-electron chi connectivity index (χ2n) is 5.33. The Balaban J connectivity index is 1.90. The highest BCUT2D eigenvalue weighted by Gasteiger charge is 2.26. The Hall–Kier alpha value is -1.14. The quantitative estimate of drug-likeness (QED) is 0.838. The van der Waals surface area contributed by atoms with Crippen molar-refractivity contribution in [2.45, 2.75) is 18.5 Å². The van der Waals surface area contributed by atoms with Gasteiger partial charge in [-0.25, -0.2) is 0 Å². The van der Waals surface area contributed by atoms with E-state index in [0.29, 0.717) is 31.1 Å². The first-order valence-electron chi connectivity index (χ1n) is 7.11. The summed E-state index contributed by atoms with van der Waals surface area (Å²) in [6.45, 7) is 2.69. The Bertz CT molecular complexity index is 464. The van der Waals surface area contributed by atoms with E-state index in [0.717, 1.165) is 12.1 Å². The van der Waals surface area contributed by atoms with Crippen LogP contribution in [0, 0.1) is 0 Å². The number of benzene rings is 1. The molecular weight excluding hydrogens is 290 g/mol. The molecule has 2 atom stereocenters. The smallest absolute Gasteiger partial charge is 0.239 e. The first kappa shape index (κ1) is 16.2. The third-order valence-corrected chi connectivity index (χ3v) is 3.87. The summed E-state index contributed by atoms with van der Waals surface area (Å²) in [5, 5.41) is 4.01. The number of piperazine rings is 1. The second-order valence-corrected chi connectivity index (χ2v) is 5.76. The van der Waals surface area contributed by atoms with Crippen molar-refractivity contribution in [1.29, 1.82) is 0 Å². The molecule has 0 bridgehead atoms. The number of nitrogens with zero attached hydrogens (tertiary/aromatic N) is 1. The molecule has 1 aliphatic heterocycles. The first-order valence-corrected chi connectivity index (χ1v) is 7.49. The van der Waals surface area contributed by atoms with Gasteiger partial charge < -0.3 is 20.7 Å². The molecule has 1 aromatic carbocycles. The van der Waals surface area contributed by atoms with Crippen molar-refractivity contribution in [3.8, 4) is 0 Å². The average Bonchev–Trinajstić information content (AvgIpc) is 2.49. The van der Waals surface area contributed by atoms with E-state index in [4.69, 9.17) is 22.1 Å². The number of hydrogen-bond donors (Lipinski definition) is 2. The highest BCUT2D eigenvalue weighted by Crippen LogP contribution is 2.12. The third-order valence-electron chi connectivity index (χ3n) is 3.62. The lowest BCUT2D eigenvalue weighted by atomic mass is 10.0. The van der Waals surface area contributed by atoms with Gasteiger partial charge in [0.25, 0.3) is 0 Å². The SMILES string of the molecule is COCC1CN(C(=O)C(N)Cc2ccc(Cl)cc2)CCN1. The zero-order valence-corrected chi connectivity index (χ0v) is 13.0. The van der Waals surface area contributed by atoms with Crippen molar-refractivity contribution >= 4 is 17.5 Å². The molecule has 1 fully saturated rings. The molecule has 1 saturated heterocycles. The Morgan fingerprint density at radius 1 is 1.52 bits per heavy atom. The van der Waals surface area contributed by atoms with Crippen molar-refractivity contribution in [2.75, 3.05) is 33.4 Å². The van der Waals surface area contributed by atoms with E-state index in [2.05, 4.69) is 5.32 Å². The van der Waals surface area contributed by atoms with Gasteiger partial charge in [-0.05, 0) is 24.1 Å². The van der Waals surface area contributed by atoms with Gasteiger partial charge in [-0.15, -0.1) is 0 Å². The fraction of sp³-hybridized carbons (Fsp3) is 0.533. The maximum absolute atomic E-state index is 12.4. The van der Waals surface area contributed by atoms with E-state index < -0.39 is 6.04 Å². The van der Waals surface area contributed by atoms with Crippen LogP contribution in [0.3, 0.4) is 0 Å². The van der Waals surface area contributed by atoms with Gasteiger partial charge in [0.1, 0.15) is 0 Å². The minimum atomic E-state index is -0.521. The van der Waals surface area contributed by atoms with Gasteiger partial charge in [-0.2, -0.15) is 0 Å². The molecule has 0 aromatic heterocycles. The van der Waals surface area contributed by atoms with Gasteiger partial charge in [0.15, 0.2) is 0 Å². The van der Waals surface area contributed by atoms with Crippen LogP contribution in [0.4, 0.5) is 0 Å². The van der Waals surface area contributed by atoms with Gasteiger partial charge in [-0.3, -0.25) is 4.79 Å². The largest absolute Gasteiger partial charge is 0.383 e. The van der Waals surface area contributed by atoms with Gasteiger partial charge in [0, 0.05) is 37.8 Å². The third kappa shape index (κ3) is 4.68. The van der Waals surface area contributed by atoms with Crippen LogP contribution in [0.15, 0.2) is 24.3 Å². The fourth-order valence-electron chi connectivity index (χ4n) is 2.53. The van der Waals surface area contributed by atoms with Gasteiger partial charge in [0.2, 0.25) is 5.91 Å². The highest BCUT2D eigenvalue weighted by molar-refractivity contribution is 6.30. The summed E-state index contributed by atoms with van der Waals surface area (Å²) in [4.78, 5) is 14.2. The number of nitrogens with two attached hydrogens (primary N) is 1. The van der Waals surface area contributed by atoms with E-state index in [9.17, 15) is 4.79 Å². The lowest BCUT2D eigenvalue weighted by molar-refractivity contribution is -0.134. The lowest BCUT2D eigenvalue weighted by Crippen LogP contribution is -2.57. The molecule has 1 aliphatic rings. The molecule has 6 heteroatoms. The van der Waals surface area contributed by atoms with Crippen LogP contribution in [0.2, 0.25) is 5.02 Å². The molecule has 5 nitrogen and oxygen atoms in total. The predicted molar refractivity (Wildman–Crippen MR) is 83.4 cm³/mol. The first-order chi connectivity index (χ1) is 10.1. The van der Waals surface area contributed by atoms with Crippen molar-refractivity contribution in [2.24, 2.45) is 5.73 Å². The summed E-state index contributed by atoms with van der Waals surface area (Å²) in [5.74, 6) is -0.00690. The normalized spacial score (nSPS) is 20.3. The van der Waals surface area contributed by atoms with Gasteiger partial charge in [0.05, 0.1) is 12.6 Å². The van der Waals surface area contributed by atoms with Crippen LogP contribution in [0.25, 0.3) is 0 Å². The monoisotopic (exact) mass is 311 g/mol. The summed E-state index contributed by atoms with van der Waals surface area (Å²) in [5.41, 5.74) is 7.08. The minimum absolute atomic E-state index is 0.00690. The second kappa shape index (κ2) is 7.75. The number of carbonyl (C=O) groups is 1. The number of nitrogens with one attached hydrogen (secondary N) is 1. The number of halogens is 1. The lowest BCUT2D eigenvalue weighted by Gasteiger charge is -2.34. The molecule has 116 valence electrons. The van der Waals surface area contributed by atoms with Crippen molar-refractivity contribution in [1.82, 2.24) is 10.2 Å². The van der Waals surface area contributed by atoms with E-state index in [1.54, 1.807) is 7.11 Å². The number of rotatable bonds is 5. The fourth-order valence-corrected chi connectivity index (χ4v) is 2.66. The average molecular weight is 312 g/mol. The topological polar surface area (TPSA) is 67.6 Å². The van der Waals surface area contributed by atoms with Crippen LogP contribution in [0.1, 0.15) is 5.56 Å². The molecular formula is C15H22ClN3O2. The van der Waals surface area contributed by atoms with E-state index in [1.165, 1.54) is 0 Å². The Labute approximate surface area is 130 Å². The molecule has 2 rings (SSSR count). The summed E-state index contributed by atoms with van der Waals surface area (Å²) < 4.78 is 5.13. The minimum Gasteiger partial charge on any atom is -0.383 e. The molecule has 0 spiro atoms. The summed E-state index contributed by atoms with van der Waals surface area (Å²) >= 11 is 5.85. The number of amides is 1. The van der Waals surface area contributed by atoms with E-state index in [1.807, 2.05) is 29.2 Å². The van der Waals surface area contributed by atoms with Crippen LogP contribution < -0.4 is 11.1 Å². The number of carbonyl (C=O) groups excluding carboxylic acids is 1. The van der Waals surface area contributed by atoms with Crippen LogP contribution in [-0.2, 0) is 16.0 Å². The molecule has 1 aromatic rings. The molecule has 0 radical (unpaired) electrons. The van der Waals surface area contributed by atoms with Crippen LogP contribution in [-0.4, -0.2) is 56.2 Å². The predicted octanol–water partition coefficient (Wildman–Crippen LogP) is 0.657. The molecule has 2 unspecified atom stereocenters. The van der Waals surface area contributed by atoms with Crippen molar-refractivity contribution in [3.05, 3.63) is 34.9 Å². The highest BCUT2D eigenvalue weighted by atomic mass is 35.5. The molecule has 3 N–H and O–H groups in total. The van der Waals surface area contributed by atoms with E-state index >= 15 is 0 Å². The Morgan fingerprint density at radius 3 is 2.90 bits per heavy atom. The van der Waals surface area contributed by atoms with Crippen LogP contribution in [0.5, 0.6) is 0 Å². The molecule has 1 amide bonds. The number of hydrogen-bond acceptors (Lipinski definition) is 4. The summed E-state index contributed by atoms with van der Waals surface area (Å²) in [6.07, 6.45) is 0.523. The zero-order chi connectivity index (χ0) is 15.2. The number of ether oxygens (including phenoxy) is 1. The summed E-state index contributed by atoms with van der Waals surface area (Å²) in [7, 11) is 1.66. The molecule has 0 saturated carbocycles. The zero-order valence-electron chi connectivity index (χ0n) is 12.2. The van der Waals surface area contributed by atoms with Gasteiger partial charge in [-0.1, -0.05) is 23.7 Å².